The van der Waals surface area contributed by atoms with Gasteiger partial charge in [-0.2, -0.15) is 0 Å². The van der Waals surface area contributed by atoms with Crippen molar-refractivity contribution in [2.45, 2.75) is 25.8 Å². The third-order valence-corrected chi connectivity index (χ3v) is 1.92. The molecule has 15 heavy (non-hydrogen) atoms. The number of carbonyl (C=O) groups is 2. The van der Waals surface area contributed by atoms with Crippen LogP contribution in [0.2, 0.25) is 0 Å². The van der Waals surface area contributed by atoms with E-state index in [9.17, 15) is 9.59 Å². The quantitative estimate of drug-likeness (QED) is 0.346. The molecule has 0 aliphatic rings. The molecule has 0 saturated heterocycles. The van der Waals surface area contributed by atoms with Gasteiger partial charge in [-0.1, -0.05) is 0 Å². The molecule has 0 bridgehead atoms. The molecule has 0 radical (unpaired) electrons. The van der Waals surface area contributed by atoms with Crippen LogP contribution in [0.3, 0.4) is 0 Å². The number of carbonyl (C=O) groups excluding carboxylic acids is 2. The highest BCUT2D eigenvalue weighted by Crippen LogP contribution is 1.98. The van der Waals surface area contributed by atoms with E-state index in [-0.39, 0.29) is 6.61 Å². The molecule has 0 rings (SSSR count). The number of amides is 2. The summed E-state index contributed by atoms with van der Waals surface area (Å²) in [7, 11) is 0. The second-order valence-electron chi connectivity index (χ2n) is 3.79. The van der Waals surface area contributed by atoms with Gasteiger partial charge in [-0.05, 0) is 20.3 Å². The van der Waals surface area contributed by atoms with E-state index in [0.29, 0.717) is 18.8 Å². The summed E-state index contributed by atoms with van der Waals surface area (Å²) in [6, 6.07) is 0. The lowest BCUT2D eigenvalue weighted by molar-refractivity contribution is -0.140. The van der Waals surface area contributed by atoms with Crippen LogP contribution in [0, 0.1) is 0 Å². The number of hydrogen-bond donors (Lipinski definition) is 3. The standard InChI is InChI=1S/C9H17ClN2O3/c1-9(2,6-13)12-8(15)7(14)11-5-3-4-10/h13H,3-6H2,1-2H3,(H,11,14)(H,12,15). The van der Waals surface area contributed by atoms with Gasteiger partial charge in [0, 0.05) is 12.4 Å². The first-order valence-electron chi connectivity index (χ1n) is 4.70. The molecule has 88 valence electrons. The van der Waals surface area contributed by atoms with Crippen molar-refractivity contribution in [2.75, 3.05) is 19.0 Å². The molecular weight excluding hydrogens is 220 g/mol. The summed E-state index contributed by atoms with van der Waals surface area (Å²) in [6.07, 6.45) is 0.615. The minimum absolute atomic E-state index is 0.228. The SMILES string of the molecule is CC(C)(CO)NC(=O)C(=O)NCCCCl. The van der Waals surface area contributed by atoms with Crippen LogP contribution < -0.4 is 10.6 Å². The summed E-state index contributed by atoms with van der Waals surface area (Å²) in [5.41, 5.74) is -0.791. The summed E-state index contributed by atoms with van der Waals surface area (Å²) in [5, 5.41) is 13.7. The van der Waals surface area contributed by atoms with Gasteiger partial charge in [-0.15, -0.1) is 11.6 Å². The lowest BCUT2D eigenvalue weighted by Gasteiger charge is -2.22. The van der Waals surface area contributed by atoms with E-state index in [1.54, 1.807) is 13.8 Å². The molecule has 0 unspecified atom stereocenters. The van der Waals surface area contributed by atoms with E-state index in [4.69, 9.17) is 16.7 Å². The van der Waals surface area contributed by atoms with E-state index in [0.717, 1.165) is 0 Å². The summed E-state index contributed by atoms with van der Waals surface area (Å²) in [4.78, 5) is 22.4. The van der Waals surface area contributed by atoms with Gasteiger partial charge in [0.1, 0.15) is 0 Å². The molecule has 0 atom stereocenters. The van der Waals surface area contributed by atoms with Crippen LogP contribution in [-0.4, -0.2) is 41.5 Å². The van der Waals surface area contributed by atoms with Crippen molar-refractivity contribution < 1.29 is 14.7 Å². The summed E-state index contributed by atoms with van der Waals surface area (Å²) in [6.45, 7) is 3.39. The molecule has 2 amide bonds. The summed E-state index contributed by atoms with van der Waals surface area (Å²) in [5.74, 6) is -1.02. The molecule has 0 saturated carbocycles. The molecule has 0 aliphatic carbocycles. The molecule has 5 nitrogen and oxygen atoms in total. The van der Waals surface area contributed by atoms with Gasteiger partial charge >= 0.3 is 11.8 Å². The Hall–Kier alpha value is -0.810. The number of halogens is 1. The van der Waals surface area contributed by atoms with Crippen molar-refractivity contribution in [1.82, 2.24) is 10.6 Å². The Bertz CT molecular complexity index is 231. The number of aliphatic hydroxyl groups is 1. The molecule has 0 aromatic heterocycles. The number of aliphatic hydroxyl groups excluding tert-OH is 1. The summed E-state index contributed by atoms with van der Waals surface area (Å²) >= 11 is 5.41. The van der Waals surface area contributed by atoms with Crippen LogP contribution in [0.5, 0.6) is 0 Å². The van der Waals surface area contributed by atoms with Crippen LogP contribution in [0.1, 0.15) is 20.3 Å². The van der Waals surface area contributed by atoms with Gasteiger partial charge in [0.15, 0.2) is 0 Å². The maximum absolute atomic E-state index is 11.2. The van der Waals surface area contributed by atoms with Gasteiger partial charge in [0.2, 0.25) is 0 Å². The Morgan fingerprint density at radius 3 is 2.40 bits per heavy atom. The Morgan fingerprint density at radius 2 is 1.93 bits per heavy atom. The highest BCUT2D eigenvalue weighted by molar-refractivity contribution is 6.35. The monoisotopic (exact) mass is 236 g/mol. The second kappa shape index (κ2) is 6.63. The highest BCUT2D eigenvalue weighted by Gasteiger charge is 2.23. The average Bonchev–Trinajstić information content (AvgIpc) is 2.17. The molecule has 3 N–H and O–H groups in total. The van der Waals surface area contributed by atoms with Crippen molar-refractivity contribution in [3.8, 4) is 0 Å². The van der Waals surface area contributed by atoms with E-state index < -0.39 is 17.4 Å². The molecular formula is C9H17ClN2O3. The number of rotatable bonds is 5. The Balaban J connectivity index is 3.94. The van der Waals surface area contributed by atoms with Gasteiger partial charge in [0.05, 0.1) is 12.1 Å². The van der Waals surface area contributed by atoms with Crippen LogP contribution in [0.15, 0.2) is 0 Å². The van der Waals surface area contributed by atoms with E-state index in [1.165, 1.54) is 0 Å². The van der Waals surface area contributed by atoms with E-state index in [1.807, 2.05) is 0 Å². The highest BCUT2D eigenvalue weighted by atomic mass is 35.5. The molecule has 0 aliphatic heterocycles. The first-order chi connectivity index (χ1) is 6.93. The van der Waals surface area contributed by atoms with Crippen molar-refractivity contribution in [3.63, 3.8) is 0 Å². The minimum atomic E-state index is -0.791. The first kappa shape index (κ1) is 14.2. The molecule has 6 heteroatoms. The molecule has 0 heterocycles. The second-order valence-corrected chi connectivity index (χ2v) is 4.17. The maximum Gasteiger partial charge on any atom is 0.309 e. The molecule has 0 aromatic rings. The Kier molecular flexibility index (Phi) is 6.27. The number of hydrogen-bond acceptors (Lipinski definition) is 3. The molecule has 0 spiro atoms. The van der Waals surface area contributed by atoms with Gasteiger partial charge < -0.3 is 15.7 Å². The van der Waals surface area contributed by atoms with E-state index >= 15 is 0 Å². The van der Waals surface area contributed by atoms with Gasteiger partial charge in [0.25, 0.3) is 0 Å². The number of nitrogens with one attached hydrogen (secondary N) is 2. The molecule has 0 fully saturated rings. The first-order valence-corrected chi connectivity index (χ1v) is 5.23. The van der Waals surface area contributed by atoms with Crippen LogP contribution in [-0.2, 0) is 9.59 Å². The zero-order valence-electron chi connectivity index (χ0n) is 8.97. The third kappa shape index (κ3) is 6.30. The minimum Gasteiger partial charge on any atom is -0.394 e. The van der Waals surface area contributed by atoms with Crippen LogP contribution in [0.25, 0.3) is 0 Å². The fourth-order valence-electron chi connectivity index (χ4n) is 0.753. The lowest BCUT2D eigenvalue weighted by Crippen LogP contribution is -2.51. The maximum atomic E-state index is 11.2. The van der Waals surface area contributed by atoms with Gasteiger partial charge in [-0.3, -0.25) is 9.59 Å². The van der Waals surface area contributed by atoms with E-state index in [2.05, 4.69) is 10.6 Å². The number of alkyl halides is 1. The van der Waals surface area contributed by atoms with Crippen LogP contribution in [0.4, 0.5) is 0 Å². The average molecular weight is 237 g/mol. The fourth-order valence-corrected chi connectivity index (χ4v) is 0.886. The smallest absolute Gasteiger partial charge is 0.309 e. The predicted molar refractivity (Wildman–Crippen MR) is 57.7 cm³/mol. The van der Waals surface area contributed by atoms with Crippen molar-refractivity contribution >= 4 is 23.4 Å². The summed E-state index contributed by atoms with van der Waals surface area (Å²) < 4.78 is 0. The lowest BCUT2D eigenvalue weighted by atomic mass is 10.1. The largest absolute Gasteiger partial charge is 0.394 e. The van der Waals surface area contributed by atoms with Gasteiger partial charge in [-0.25, -0.2) is 0 Å². The Morgan fingerprint density at radius 1 is 1.33 bits per heavy atom. The molecule has 0 aromatic carbocycles. The topological polar surface area (TPSA) is 78.4 Å². The van der Waals surface area contributed by atoms with Crippen LogP contribution >= 0.6 is 11.6 Å². The van der Waals surface area contributed by atoms with Crippen molar-refractivity contribution in [1.29, 1.82) is 0 Å². The van der Waals surface area contributed by atoms with Crippen molar-refractivity contribution in [3.05, 3.63) is 0 Å². The Labute approximate surface area is 94.2 Å². The van der Waals surface area contributed by atoms with Crippen molar-refractivity contribution in [2.24, 2.45) is 0 Å². The normalized spacial score (nSPS) is 10.9. The zero-order valence-corrected chi connectivity index (χ0v) is 9.73. The fraction of sp³-hybridized carbons (Fsp3) is 0.778. The predicted octanol–water partition coefficient (Wildman–Crippen LogP) is -0.381. The third-order valence-electron chi connectivity index (χ3n) is 1.65. The zero-order chi connectivity index (χ0) is 11.9.